The van der Waals surface area contributed by atoms with E-state index in [1.165, 1.54) is 4.31 Å². The summed E-state index contributed by atoms with van der Waals surface area (Å²) in [6.45, 7) is 1.89. The smallest absolute Gasteiger partial charge is 0.324 e. The van der Waals surface area contributed by atoms with Crippen LogP contribution in [0, 0.1) is 0 Å². The molecular weight excluding hydrogens is 254 g/mol. The number of carboxylic acid groups (broad SMARTS) is 1. The minimum atomic E-state index is -3.46. The first-order valence-corrected chi connectivity index (χ1v) is 8.14. The zero-order valence-corrected chi connectivity index (χ0v) is 11.6. The lowest BCUT2D eigenvalue weighted by Crippen LogP contribution is -2.59. The van der Waals surface area contributed by atoms with Gasteiger partial charge in [0, 0.05) is 6.54 Å². The molecule has 1 heterocycles. The largest absolute Gasteiger partial charge is 0.480 e. The molecular formula is C12H21NO4S. The Morgan fingerprint density at radius 1 is 1.22 bits per heavy atom. The van der Waals surface area contributed by atoms with Crippen molar-refractivity contribution < 1.29 is 18.3 Å². The highest BCUT2D eigenvalue weighted by Crippen LogP contribution is 2.36. The fraction of sp³-hybridized carbons (Fsp3) is 0.917. The normalized spacial score (nSPS) is 31.6. The highest BCUT2D eigenvalue weighted by atomic mass is 32.2. The lowest BCUT2D eigenvalue weighted by Gasteiger charge is -2.41. The predicted molar refractivity (Wildman–Crippen MR) is 67.8 cm³/mol. The number of sulfonamides is 1. The van der Waals surface area contributed by atoms with Gasteiger partial charge in [-0.3, -0.25) is 4.79 Å². The molecule has 0 aromatic carbocycles. The molecule has 2 aliphatic rings. The number of carbonyl (C=O) groups is 1. The van der Waals surface area contributed by atoms with Gasteiger partial charge in [-0.05, 0) is 39.0 Å². The van der Waals surface area contributed by atoms with Crippen LogP contribution in [0.5, 0.6) is 0 Å². The zero-order chi connectivity index (χ0) is 13.4. The summed E-state index contributed by atoms with van der Waals surface area (Å²) in [6.07, 6.45) is 5.16. The SMILES string of the molecule is CC1(C(=O)O)CCCCN1S(=O)(=O)C1CCCC1. The van der Waals surface area contributed by atoms with Crippen LogP contribution in [0.25, 0.3) is 0 Å². The van der Waals surface area contributed by atoms with E-state index in [1.807, 2.05) is 0 Å². The second kappa shape index (κ2) is 4.81. The van der Waals surface area contributed by atoms with Gasteiger partial charge in [-0.25, -0.2) is 8.42 Å². The van der Waals surface area contributed by atoms with E-state index in [1.54, 1.807) is 6.92 Å². The van der Waals surface area contributed by atoms with Crippen molar-refractivity contribution in [3.8, 4) is 0 Å². The van der Waals surface area contributed by atoms with Crippen LogP contribution in [0.2, 0.25) is 0 Å². The van der Waals surface area contributed by atoms with Crippen LogP contribution in [0.4, 0.5) is 0 Å². The van der Waals surface area contributed by atoms with Gasteiger partial charge in [0.2, 0.25) is 10.0 Å². The molecule has 1 unspecified atom stereocenters. The van der Waals surface area contributed by atoms with Gasteiger partial charge in [0.05, 0.1) is 5.25 Å². The molecule has 2 fully saturated rings. The Bertz CT molecular complexity index is 427. The topological polar surface area (TPSA) is 74.7 Å². The molecule has 0 radical (unpaired) electrons. The number of nitrogens with zero attached hydrogens (tertiary/aromatic N) is 1. The fourth-order valence-corrected chi connectivity index (χ4v) is 5.49. The molecule has 1 atom stereocenters. The molecule has 0 spiro atoms. The third-order valence-corrected chi connectivity index (χ3v) is 6.83. The Morgan fingerprint density at radius 3 is 2.39 bits per heavy atom. The van der Waals surface area contributed by atoms with Crippen LogP contribution >= 0.6 is 0 Å². The van der Waals surface area contributed by atoms with Gasteiger partial charge in [-0.2, -0.15) is 4.31 Å². The summed E-state index contributed by atoms with van der Waals surface area (Å²) < 4.78 is 26.4. The molecule has 2 rings (SSSR count). The van der Waals surface area contributed by atoms with E-state index in [0.717, 1.165) is 25.7 Å². The lowest BCUT2D eigenvalue weighted by atomic mass is 9.91. The first-order chi connectivity index (χ1) is 8.39. The van der Waals surface area contributed by atoms with Crippen molar-refractivity contribution in [3.05, 3.63) is 0 Å². The standard InChI is InChI=1S/C12H21NO4S/c1-12(11(14)15)8-4-5-9-13(12)18(16,17)10-6-2-3-7-10/h10H,2-9H2,1H3,(H,14,15). The Morgan fingerprint density at radius 2 is 1.83 bits per heavy atom. The Kier molecular flexibility index (Phi) is 3.69. The van der Waals surface area contributed by atoms with E-state index >= 15 is 0 Å². The average Bonchev–Trinajstić information content (AvgIpc) is 2.83. The van der Waals surface area contributed by atoms with E-state index in [0.29, 0.717) is 25.8 Å². The van der Waals surface area contributed by atoms with Gasteiger partial charge in [-0.15, -0.1) is 0 Å². The molecule has 1 aliphatic carbocycles. The van der Waals surface area contributed by atoms with Gasteiger partial charge < -0.3 is 5.11 Å². The summed E-state index contributed by atoms with van der Waals surface area (Å²) in [6, 6.07) is 0. The van der Waals surface area contributed by atoms with Crippen LogP contribution in [0.3, 0.4) is 0 Å². The molecule has 5 nitrogen and oxygen atoms in total. The summed E-state index contributed by atoms with van der Waals surface area (Å²) in [5.74, 6) is -1.02. The lowest BCUT2D eigenvalue weighted by molar-refractivity contribution is -0.149. The van der Waals surface area contributed by atoms with Crippen molar-refractivity contribution in [2.75, 3.05) is 6.54 Å². The fourth-order valence-electron chi connectivity index (χ4n) is 3.08. The quantitative estimate of drug-likeness (QED) is 0.848. The van der Waals surface area contributed by atoms with Crippen LogP contribution in [-0.2, 0) is 14.8 Å². The van der Waals surface area contributed by atoms with Crippen LogP contribution in [-0.4, -0.2) is 41.1 Å². The van der Waals surface area contributed by atoms with Gasteiger partial charge in [0.25, 0.3) is 0 Å². The number of aliphatic carboxylic acids is 1. The van der Waals surface area contributed by atoms with Crippen molar-refractivity contribution in [1.29, 1.82) is 0 Å². The summed E-state index contributed by atoms with van der Waals surface area (Å²) in [5, 5.41) is 9.00. The third kappa shape index (κ3) is 2.16. The second-order valence-corrected chi connectivity index (χ2v) is 7.70. The maximum Gasteiger partial charge on any atom is 0.324 e. The highest BCUT2D eigenvalue weighted by molar-refractivity contribution is 7.89. The number of rotatable bonds is 3. The molecule has 0 amide bonds. The second-order valence-electron chi connectivity index (χ2n) is 5.56. The molecule has 6 heteroatoms. The molecule has 1 saturated carbocycles. The van der Waals surface area contributed by atoms with Gasteiger partial charge >= 0.3 is 5.97 Å². The Labute approximate surface area is 108 Å². The van der Waals surface area contributed by atoms with Crippen LogP contribution < -0.4 is 0 Å². The van der Waals surface area contributed by atoms with E-state index < -0.39 is 21.5 Å². The Hall–Kier alpha value is -0.620. The van der Waals surface area contributed by atoms with Crippen molar-refractivity contribution >= 4 is 16.0 Å². The van der Waals surface area contributed by atoms with Gasteiger partial charge in [-0.1, -0.05) is 12.8 Å². The highest BCUT2D eigenvalue weighted by Gasteiger charge is 2.49. The average molecular weight is 275 g/mol. The van der Waals surface area contributed by atoms with Crippen LogP contribution in [0.1, 0.15) is 51.9 Å². The summed E-state index contributed by atoms with van der Waals surface area (Å²) >= 11 is 0. The van der Waals surface area contributed by atoms with Crippen molar-refractivity contribution in [3.63, 3.8) is 0 Å². The van der Waals surface area contributed by atoms with Gasteiger partial charge in [0.15, 0.2) is 0 Å². The molecule has 1 saturated heterocycles. The first kappa shape index (κ1) is 13.8. The summed E-state index contributed by atoms with van der Waals surface area (Å²) in [4.78, 5) is 11.4. The third-order valence-electron chi connectivity index (χ3n) is 4.32. The van der Waals surface area contributed by atoms with Gasteiger partial charge in [0.1, 0.15) is 5.54 Å². The minimum Gasteiger partial charge on any atom is -0.480 e. The van der Waals surface area contributed by atoms with E-state index in [2.05, 4.69) is 0 Å². The van der Waals surface area contributed by atoms with Crippen molar-refractivity contribution in [2.24, 2.45) is 0 Å². The summed E-state index contributed by atoms with van der Waals surface area (Å²) in [7, 11) is -3.46. The number of carboxylic acids is 1. The number of hydrogen-bond donors (Lipinski definition) is 1. The molecule has 1 N–H and O–H groups in total. The predicted octanol–water partition coefficient (Wildman–Crippen LogP) is 1.59. The van der Waals surface area contributed by atoms with Crippen molar-refractivity contribution in [1.82, 2.24) is 4.31 Å². The number of piperidine rings is 1. The molecule has 104 valence electrons. The monoisotopic (exact) mass is 275 g/mol. The number of hydrogen-bond acceptors (Lipinski definition) is 3. The maximum absolute atomic E-state index is 12.6. The molecule has 0 aromatic rings. The Balaban J connectivity index is 2.31. The summed E-state index contributed by atoms with van der Waals surface area (Å²) in [5.41, 5.74) is -1.25. The van der Waals surface area contributed by atoms with E-state index in [9.17, 15) is 18.3 Å². The first-order valence-electron chi connectivity index (χ1n) is 6.64. The van der Waals surface area contributed by atoms with Crippen molar-refractivity contribution in [2.45, 2.75) is 62.7 Å². The van der Waals surface area contributed by atoms with E-state index in [4.69, 9.17) is 0 Å². The van der Waals surface area contributed by atoms with E-state index in [-0.39, 0.29) is 5.25 Å². The molecule has 1 aliphatic heterocycles. The van der Waals surface area contributed by atoms with Crippen LogP contribution in [0.15, 0.2) is 0 Å². The maximum atomic E-state index is 12.6. The molecule has 0 aromatic heterocycles. The zero-order valence-electron chi connectivity index (χ0n) is 10.8. The molecule has 18 heavy (non-hydrogen) atoms. The minimum absolute atomic E-state index is 0.349. The molecule has 0 bridgehead atoms.